The van der Waals surface area contributed by atoms with Gasteiger partial charge in [0.05, 0.1) is 6.26 Å². The SMILES string of the molecule is Cc1c(NCC2CCN(c3ccccc3)C2)ncnc1C(=O)N1CCC(N2CCC(NS(C)(=O)=O)CC2)CC1. The van der Waals surface area contributed by atoms with Crippen molar-refractivity contribution in [1.29, 1.82) is 0 Å². The lowest BCUT2D eigenvalue weighted by atomic mass is 9.98. The number of piperidine rings is 2. The number of carbonyl (C=O) groups excluding carboxylic acids is 1. The smallest absolute Gasteiger partial charge is 0.272 e. The molecular formula is C28H41N7O3S. The molecule has 3 fully saturated rings. The molecule has 1 unspecified atom stereocenters. The zero-order chi connectivity index (χ0) is 27.4. The molecule has 11 heteroatoms. The summed E-state index contributed by atoms with van der Waals surface area (Å²) in [7, 11) is -3.17. The van der Waals surface area contributed by atoms with Gasteiger partial charge in [-0.05, 0) is 70.2 Å². The summed E-state index contributed by atoms with van der Waals surface area (Å²) in [5.74, 6) is 1.24. The van der Waals surface area contributed by atoms with E-state index in [1.54, 1.807) is 0 Å². The fraction of sp³-hybridized carbons (Fsp3) is 0.607. The highest BCUT2D eigenvalue weighted by Crippen LogP contribution is 2.26. The Morgan fingerprint density at radius 2 is 1.69 bits per heavy atom. The summed E-state index contributed by atoms with van der Waals surface area (Å²) in [6.07, 6.45) is 7.34. The van der Waals surface area contributed by atoms with Crippen LogP contribution < -0.4 is 14.9 Å². The summed E-state index contributed by atoms with van der Waals surface area (Å²) in [5.41, 5.74) is 2.56. The molecule has 1 atom stereocenters. The molecule has 0 spiro atoms. The highest BCUT2D eigenvalue weighted by atomic mass is 32.2. The Hall–Kier alpha value is -2.76. The molecule has 1 amide bonds. The van der Waals surface area contributed by atoms with Gasteiger partial charge in [-0.15, -0.1) is 0 Å². The van der Waals surface area contributed by atoms with Gasteiger partial charge >= 0.3 is 0 Å². The minimum absolute atomic E-state index is 0.0245. The van der Waals surface area contributed by atoms with Crippen LogP contribution in [0.2, 0.25) is 0 Å². The Bertz CT molecular complexity index is 1230. The predicted octanol–water partition coefficient (Wildman–Crippen LogP) is 2.34. The molecule has 3 aliphatic heterocycles. The fourth-order valence-electron chi connectivity index (χ4n) is 6.23. The maximum atomic E-state index is 13.4. The molecule has 5 rings (SSSR count). The average Bonchev–Trinajstić information content (AvgIpc) is 3.41. The monoisotopic (exact) mass is 555 g/mol. The van der Waals surface area contributed by atoms with E-state index in [0.29, 0.717) is 30.7 Å². The molecule has 3 aliphatic rings. The van der Waals surface area contributed by atoms with Gasteiger partial charge in [0, 0.05) is 56.1 Å². The van der Waals surface area contributed by atoms with E-state index in [-0.39, 0.29) is 11.9 Å². The van der Waals surface area contributed by atoms with Crippen LogP contribution in [0.1, 0.15) is 48.2 Å². The van der Waals surface area contributed by atoms with Crippen molar-refractivity contribution in [3.05, 3.63) is 47.9 Å². The number of likely N-dealkylation sites (tertiary alicyclic amines) is 2. The summed E-state index contributed by atoms with van der Waals surface area (Å²) in [4.78, 5) is 29.0. The van der Waals surface area contributed by atoms with Crippen LogP contribution in [0, 0.1) is 12.8 Å². The molecule has 4 heterocycles. The van der Waals surface area contributed by atoms with E-state index in [1.807, 2.05) is 17.9 Å². The maximum absolute atomic E-state index is 13.4. The minimum Gasteiger partial charge on any atom is -0.371 e. The van der Waals surface area contributed by atoms with Gasteiger partial charge in [-0.3, -0.25) is 4.79 Å². The van der Waals surface area contributed by atoms with Crippen molar-refractivity contribution in [1.82, 2.24) is 24.5 Å². The Kier molecular flexibility index (Phi) is 8.68. The first-order valence-corrected chi connectivity index (χ1v) is 16.0. The number of aromatic nitrogens is 2. The maximum Gasteiger partial charge on any atom is 0.272 e. The summed E-state index contributed by atoms with van der Waals surface area (Å²) < 4.78 is 25.8. The van der Waals surface area contributed by atoms with Crippen LogP contribution in [0.15, 0.2) is 36.7 Å². The van der Waals surface area contributed by atoms with Crippen LogP contribution >= 0.6 is 0 Å². The number of anilines is 2. The van der Waals surface area contributed by atoms with Crippen LogP contribution in [0.25, 0.3) is 0 Å². The summed E-state index contributed by atoms with van der Waals surface area (Å²) in [5, 5.41) is 3.49. The second-order valence-corrected chi connectivity index (χ2v) is 13.0. The van der Waals surface area contributed by atoms with Crippen LogP contribution in [0.3, 0.4) is 0 Å². The molecule has 1 aromatic carbocycles. The number of sulfonamides is 1. The van der Waals surface area contributed by atoms with E-state index >= 15 is 0 Å². The van der Waals surface area contributed by atoms with Crippen LogP contribution in [0.4, 0.5) is 11.5 Å². The standard InChI is InChI=1S/C28H41N7O3S/c1-21-26(30-20-31-27(21)29-18-22-8-13-35(19-22)24-6-4-3-5-7-24)28(36)34-16-11-25(12-17-34)33-14-9-23(10-15-33)32-39(2,37)38/h3-7,20,22-23,25,32H,8-19H2,1-2H3,(H,29,30,31). The quantitative estimate of drug-likeness (QED) is 0.511. The second kappa shape index (κ2) is 12.2. The molecule has 0 aliphatic carbocycles. The number of hydrogen-bond donors (Lipinski definition) is 2. The highest BCUT2D eigenvalue weighted by molar-refractivity contribution is 7.88. The first-order valence-electron chi connectivity index (χ1n) is 14.1. The van der Waals surface area contributed by atoms with E-state index in [2.05, 4.69) is 54.1 Å². The lowest BCUT2D eigenvalue weighted by Gasteiger charge is -2.41. The Balaban J connectivity index is 1.10. The van der Waals surface area contributed by atoms with Crippen molar-refractivity contribution in [2.24, 2.45) is 5.92 Å². The third kappa shape index (κ3) is 7.06. The summed E-state index contributed by atoms with van der Waals surface area (Å²) in [6, 6.07) is 11.0. The number of benzene rings is 1. The molecule has 0 radical (unpaired) electrons. The zero-order valence-corrected chi connectivity index (χ0v) is 23.9. The molecule has 2 aromatic rings. The van der Waals surface area contributed by atoms with E-state index in [4.69, 9.17) is 0 Å². The third-order valence-corrected chi connectivity index (χ3v) is 9.19. The highest BCUT2D eigenvalue weighted by Gasteiger charge is 2.32. The minimum atomic E-state index is -3.17. The molecular weight excluding hydrogens is 514 g/mol. The largest absolute Gasteiger partial charge is 0.371 e. The Morgan fingerprint density at radius 3 is 2.38 bits per heavy atom. The van der Waals surface area contributed by atoms with Crippen LogP contribution in [-0.4, -0.2) is 98.2 Å². The van der Waals surface area contributed by atoms with Crippen molar-refractivity contribution in [3.8, 4) is 0 Å². The topological polar surface area (TPSA) is 111 Å². The van der Waals surface area contributed by atoms with E-state index in [9.17, 15) is 13.2 Å². The van der Waals surface area contributed by atoms with Crippen molar-refractivity contribution < 1.29 is 13.2 Å². The third-order valence-electron chi connectivity index (χ3n) is 8.43. The van der Waals surface area contributed by atoms with Gasteiger partial charge in [0.2, 0.25) is 10.0 Å². The molecule has 10 nitrogen and oxygen atoms in total. The number of hydrogen-bond acceptors (Lipinski definition) is 8. The number of nitrogens with zero attached hydrogens (tertiary/aromatic N) is 5. The second-order valence-electron chi connectivity index (χ2n) is 11.2. The predicted molar refractivity (Wildman–Crippen MR) is 154 cm³/mol. The molecule has 1 aromatic heterocycles. The molecule has 3 saturated heterocycles. The van der Waals surface area contributed by atoms with Crippen molar-refractivity contribution in [2.75, 3.05) is 62.3 Å². The van der Waals surface area contributed by atoms with E-state index in [1.165, 1.54) is 18.3 Å². The Morgan fingerprint density at radius 1 is 0.974 bits per heavy atom. The van der Waals surface area contributed by atoms with Crippen molar-refractivity contribution >= 4 is 27.4 Å². The first-order chi connectivity index (χ1) is 18.8. The molecule has 0 bridgehead atoms. The number of nitrogens with one attached hydrogen (secondary N) is 2. The van der Waals surface area contributed by atoms with Crippen LogP contribution in [0.5, 0.6) is 0 Å². The van der Waals surface area contributed by atoms with Gasteiger partial charge < -0.3 is 20.0 Å². The molecule has 2 N–H and O–H groups in total. The van der Waals surface area contributed by atoms with Gasteiger partial charge in [-0.1, -0.05) is 18.2 Å². The van der Waals surface area contributed by atoms with Crippen LogP contribution in [-0.2, 0) is 10.0 Å². The van der Waals surface area contributed by atoms with Gasteiger partial charge in [0.15, 0.2) is 0 Å². The lowest BCUT2D eigenvalue weighted by molar-refractivity contribution is 0.0570. The number of carbonyl (C=O) groups is 1. The fourth-order valence-corrected chi connectivity index (χ4v) is 7.07. The van der Waals surface area contributed by atoms with Gasteiger partial charge in [-0.2, -0.15) is 0 Å². The first kappa shape index (κ1) is 27.8. The van der Waals surface area contributed by atoms with Gasteiger partial charge in [-0.25, -0.2) is 23.1 Å². The lowest BCUT2D eigenvalue weighted by Crippen LogP contribution is -2.51. The van der Waals surface area contributed by atoms with Crippen molar-refractivity contribution in [2.45, 2.75) is 51.1 Å². The number of rotatable bonds is 8. The summed E-state index contributed by atoms with van der Waals surface area (Å²) in [6.45, 7) is 7.98. The average molecular weight is 556 g/mol. The molecule has 0 saturated carbocycles. The normalized spacial score (nSPS) is 21.8. The van der Waals surface area contributed by atoms with E-state index < -0.39 is 10.0 Å². The van der Waals surface area contributed by atoms with E-state index in [0.717, 1.165) is 76.2 Å². The number of para-hydroxylation sites is 1. The molecule has 39 heavy (non-hydrogen) atoms. The van der Waals surface area contributed by atoms with Crippen molar-refractivity contribution in [3.63, 3.8) is 0 Å². The number of amides is 1. The zero-order valence-electron chi connectivity index (χ0n) is 23.1. The summed E-state index contributed by atoms with van der Waals surface area (Å²) >= 11 is 0. The van der Waals surface area contributed by atoms with Gasteiger partial charge in [0.1, 0.15) is 17.8 Å². The van der Waals surface area contributed by atoms with Gasteiger partial charge in [0.25, 0.3) is 5.91 Å². The Labute approximate surface area is 232 Å². The molecule has 212 valence electrons.